The molecule has 3 aromatic rings. The van der Waals surface area contributed by atoms with Crippen LogP contribution < -0.4 is 24.3 Å². The number of hydrogen-bond donors (Lipinski definition) is 1. The Balaban J connectivity index is 1.61. The molecule has 0 aliphatic heterocycles. The third-order valence-electron chi connectivity index (χ3n) is 5.16. The molecule has 3 aromatic carbocycles. The molecule has 6 heteroatoms. The van der Waals surface area contributed by atoms with Crippen molar-refractivity contribution in [2.24, 2.45) is 0 Å². The Bertz CT molecular complexity index is 995. The van der Waals surface area contributed by atoms with Gasteiger partial charge < -0.3 is 24.3 Å². The number of aryl methyl sites for hydroxylation is 1. The molecule has 32 heavy (non-hydrogen) atoms. The van der Waals surface area contributed by atoms with E-state index in [1.54, 1.807) is 27.4 Å². The summed E-state index contributed by atoms with van der Waals surface area (Å²) >= 11 is 6.41. The lowest BCUT2D eigenvalue weighted by molar-refractivity contribution is 0.285. The van der Waals surface area contributed by atoms with E-state index in [9.17, 15) is 0 Å². The lowest BCUT2D eigenvalue weighted by atomic mass is 10.1. The van der Waals surface area contributed by atoms with Crippen molar-refractivity contribution in [3.8, 4) is 23.0 Å². The quantitative estimate of drug-likeness (QED) is 0.357. The number of methoxy groups -OCH3 is 3. The van der Waals surface area contributed by atoms with E-state index in [-0.39, 0.29) is 0 Å². The maximum Gasteiger partial charge on any atom is 0.165 e. The van der Waals surface area contributed by atoms with Crippen molar-refractivity contribution in [1.82, 2.24) is 5.32 Å². The van der Waals surface area contributed by atoms with Crippen LogP contribution in [0.1, 0.15) is 23.1 Å². The van der Waals surface area contributed by atoms with E-state index >= 15 is 0 Å². The van der Waals surface area contributed by atoms with Crippen LogP contribution in [-0.4, -0.2) is 27.9 Å². The molecule has 0 saturated heterocycles. The van der Waals surface area contributed by atoms with E-state index in [1.165, 1.54) is 5.56 Å². The first-order chi connectivity index (χ1) is 15.7. The molecule has 0 unspecified atom stereocenters. The summed E-state index contributed by atoms with van der Waals surface area (Å²) in [5, 5.41) is 4.06. The topological polar surface area (TPSA) is 49.0 Å². The van der Waals surface area contributed by atoms with Crippen LogP contribution in [0.15, 0.2) is 60.7 Å². The van der Waals surface area contributed by atoms with Gasteiger partial charge in [0.2, 0.25) is 0 Å². The molecule has 0 spiro atoms. The molecule has 0 amide bonds. The maximum atomic E-state index is 6.41. The van der Waals surface area contributed by atoms with Gasteiger partial charge >= 0.3 is 0 Å². The summed E-state index contributed by atoms with van der Waals surface area (Å²) in [4.78, 5) is 0. The van der Waals surface area contributed by atoms with Gasteiger partial charge in [-0.1, -0.05) is 54.1 Å². The van der Waals surface area contributed by atoms with Crippen LogP contribution in [0.4, 0.5) is 0 Å². The lowest BCUT2D eigenvalue weighted by Gasteiger charge is -2.16. The fourth-order valence-corrected chi connectivity index (χ4v) is 3.70. The highest BCUT2D eigenvalue weighted by Crippen LogP contribution is 2.34. The molecule has 0 heterocycles. The molecule has 0 aliphatic rings. The van der Waals surface area contributed by atoms with Crippen molar-refractivity contribution >= 4 is 11.6 Å². The van der Waals surface area contributed by atoms with Gasteiger partial charge in [0.25, 0.3) is 0 Å². The van der Waals surface area contributed by atoms with Gasteiger partial charge in [0, 0.05) is 29.7 Å². The molecule has 0 radical (unpaired) electrons. The second-order valence-corrected chi connectivity index (χ2v) is 7.70. The molecule has 0 saturated carbocycles. The minimum absolute atomic E-state index is 0.573. The van der Waals surface area contributed by atoms with Gasteiger partial charge in [0.1, 0.15) is 0 Å². The zero-order chi connectivity index (χ0) is 22.8. The third-order valence-corrected chi connectivity index (χ3v) is 5.51. The smallest absolute Gasteiger partial charge is 0.165 e. The average Bonchev–Trinajstić information content (AvgIpc) is 2.83. The molecule has 0 bridgehead atoms. The van der Waals surface area contributed by atoms with Gasteiger partial charge in [-0.2, -0.15) is 0 Å². The zero-order valence-electron chi connectivity index (χ0n) is 18.8. The summed E-state index contributed by atoms with van der Waals surface area (Å²) in [6.45, 7) is 1.80. The second-order valence-electron chi connectivity index (χ2n) is 7.29. The first-order valence-electron chi connectivity index (χ1n) is 10.6. The van der Waals surface area contributed by atoms with Gasteiger partial charge in [-0.25, -0.2) is 0 Å². The van der Waals surface area contributed by atoms with Gasteiger partial charge in [-0.3, -0.25) is 0 Å². The average molecular weight is 456 g/mol. The number of benzene rings is 3. The molecule has 0 atom stereocenters. The summed E-state index contributed by atoms with van der Waals surface area (Å²) in [6, 6.07) is 20.0. The van der Waals surface area contributed by atoms with Crippen LogP contribution in [0, 0.1) is 0 Å². The number of nitrogens with one attached hydrogen (secondary N) is 1. The Kier molecular flexibility index (Phi) is 9.08. The Morgan fingerprint density at radius 2 is 1.44 bits per heavy atom. The van der Waals surface area contributed by atoms with Gasteiger partial charge in [-0.05, 0) is 36.1 Å². The molecule has 1 N–H and O–H groups in total. The minimum Gasteiger partial charge on any atom is -0.493 e. The molecule has 0 fully saturated rings. The first-order valence-corrected chi connectivity index (χ1v) is 11.0. The lowest BCUT2D eigenvalue weighted by Crippen LogP contribution is -2.15. The van der Waals surface area contributed by atoms with E-state index in [4.69, 9.17) is 30.5 Å². The predicted molar refractivity (Wildman–Crippen MR) is 128 cm³/mol. The van der Waals surface area contributed by atoms with Crippen molar-refractivity contribution in [1.29, 1.82) is 0 Å². The summed E-state index contributed by atoms with van der Waals surface area (Å²) in [5.74, 6) is 2.76. The van der Waals surface area contributed by atoms with E-state index in [1.807, 2.05) is 30.3 Å². The minimum atomic E-state index is 0.573. The normalized spacial score (nSPS) is 10.6. The van der Waals surface area contributed by atoms with Crippen LogP contribution in [0.5, 0.6) is 23.0 Å². The van der Waals surface area contributed by atoms with Crippen LogP contribution in [0.3, 0.4) is 0 Å². The summed E-state index contributed by atoms with van der Waals surface area (Å²) in [5.41, 5.74) is 3.27. The van der Waals surface area contributed by atoms with Crippen molar-refractivity contribution in [2.75, 3.05) is 27.9 Å². The Morgan fingerprint density at radius 3 is 2.16 bits per heavy atom. The predicted octanol–water partition coefficient (Wildman–Crippen LogP) is 5.67. The third kappa shape index (κ3) is 6.31. The van der Waals surface area contributed by atoms with Gasteiger partial charge in [-0.15, -0.1) is 0 Å². The standard InChI is InChI=1S/C26H30ClNO4/c1-29-23-13-7-12-20(26(23)32-14-8-11-19-9-5-4-6-10-19)17-28-18-21-15-24(30-2)25(31-3)16-22(21)27/h4-7,9-10,12-13,15-16,28H,8,11,14,17-18H2,1-3H3. The number of para-hydroxylation sites is 1. The Hall–Kier alpha value is -2.89. The maximum absolute atomic E-state index is 6.41. The molecule has 0 aromatic heterocycles. The van der Waals surface area contributed by atoms with Crippen molar-refractivity contribution in [2.45, 2.75) is 25.9 Å². The Morgan fingerprint density at radius 1 is 0.750 bits per heavy atom. The fourth-order valence-electron chi connectivity index (χ4n) is 3.48. The summed E-state index contributed by atoms with van der Waals surface area (Å²) in [7, 11) is 4.86. The summed E-state index contributed by atoms with van der Waals surface area (Å²) in [6.07, 6.45) is 1.90. The van der Waals surface area contributed by atoms with Crippen LogP contribution in [0.25, 0.3) is 0 Å². The molecule has 170 valence electrons. The molecule has 0 aliphatic carbocycles. The number of ether oxygens (including phenoxy) is 4. The van der Waals surface area contributed by atoms with E-state index in [0.717, 1.165) is 35.5 Å². The highest BCUT2D eigenvalue weighted by Gasteiger charge is 2.13. The molecule has 5 nitrogen and oxygen atoms in total. The Labute approximate surface area is 195 Å². The number of halogens is 1. The monoisotopic (exact) mass is 455 g/mol. The number of hydrogen-bond acceptors (Lipinski definition) is 5. The van der Waals surface area contributed by atoms with Gasteiger partial charge in [0.05, 0.1) is 27.9 Å². The largest absolute Gasteiger partial charge is 0.493 e. The molecular weight excluding hydrogens is 426 g/mol. The highest BCUT2D eigenvalue weighted by molar-refractivity contribution is 6.31. The van der Waals surface area contributed by atoms with Crippen molar-refractivity contribution in [3.05, 3.63) is 82.4 Å². The van der Waals surface area contributed by atoms with Gasteiger partial charge in [0.15, 0.2) is 23.0 Å². The number of rotatable bonds is 12. The van der Waals surface area contributed by atoms with Crippen LogP contribution >= 0.6 is 11.6 Å². The SMILES string of the molecule is COc1cc(Cl)c(CNCc2cccc(OC)c2OCCCc2ccccc2)cc1OC. The van der Waals surface area contributed by atoms with Crippen LogP contribution in [-0.2, 0) is 19.5 Å². The molecule has 3 rings (SSSR count). The van der Waals surface area contributed by atoms with E-state index in [0.29, 0.717) is 36.2 Å². The van der Waals surface area contributed by atoms with Crippen molar-refractivity contribution < 1.29 is 18.9 Å². The molecular formula is C26H30ClNO4. The fraction of sp³-hybridized carbons (Fsp3) is 0.308. The van der Waals surface area contributed by atoms with Crippen molar-refractivity contribution in [3.63, 3.8) is 0 Å². The van der Waals surface area contributed by atoms with Crippen LogP contribution in [0.2, 0.25) is 5.02 Å². The highest BCUT2D eigenvalue weighted by atomic mass is 35.5. The van der Waals surface area contributed by atoms with E-state index in [2.05, 4.69) is 29.6 Å². The zero-order valence-corrected chi connectivity index (χ0v) is 19.6. The van der Waals surface area contributed by atoms with E-state index < -0.39 is 0 Å². The second kappa shape index (κ2) is 12.2. The first kappa shape index (κ1) is 23.8. The summed E-state index contributed by atoms with van der Waals surface area (Å²) < 4.78 is 22.4.